The zero-order valence-electron chi connectivity index (χ0n) is 14.5. The van der Waals surface area contributed by atoms with Gasteiger partial charge in [-0.1, -0.05) is 24.3 Å². The molecule has 128 valence electrons. The molecule has 0 aliphatic rings. The Morgan fingerprint density at radius 3 is 2.64 bits per heavy atom. The first kappa shape index (κ1) is 16.8. The molecule has 2 aromatic carbocycles. The van der Waals surface area contributed by atoms with Crippen LogP contribution in [-0.2, 0) is 11.3 Å². The molecule has 3 aromatic rings. The highest BCUT2D eigenvalue weighted by molar-refractivity contribution is 5.92. The molecular formula is C20H20N2O3. The van der Waals surface area contributed by atoms with Crippen molar-refractivity contribution in [2.75, 3.05) is 12.4 Å². The number of carbonyl (C=O) groups excluding carboxylic acids is 1. The number of benzene rings is 2. The van der Waals surface area contributed by atoms with Crippen LogP contribution in [0.3, 0.4) is 0 Å². The molecule has 0 bridgehead atoms. The maximum Gasteiger partial charge on any atom is 0.259 e. The summed E-state index contributed by atoms with van der Waals surface area (Å²) in [6.07, 6.45) is 0. The molecule has 25 heavy (non-hydrogen) atoms. The fourth-order valence-electron chi connectivity index (χ4n) is 2.88. The average Bonchev–Trinajstić information content (AvgIpc) is 2.59. The number of aryl methyl sites for hydroxylation is 2. The number of pyridine rings is 1. The largest absolute Gasteiger partial charge is 0.495 e. The summed E-state index contributed by atoms with van der Waals surface area (Å²) in [6, 6.07) is 14.8. The Morgan fingerprint density at radius 1 is 1.12 bits per heavy atom. The van der Waals surface area contributed by atoms with E-state index in [4.69, 9.17) is 4.74 Å². The molecule has 5 heteroatoms. The summed E-state index contributed by atoms with van der Waals surface area (Å²) in [5, 5.41) is 4.31. The van der Waals surface area contributed by atoms with Crippen LogP contribution in [0.25, 0.3) is 10.8 Å². The zero-order chi connectivity index (χ0) is 18.0. The van der Waals surface area contributed by atoms with Gasteiger partial charge in [-0.2, -0.15) is 0 Å². The van der Waals surface area contributed by atoms with E-state index in [0.717, 1.165) is 16.6 Å². The Bertz CT molecular complexity index is 1010. The summed E-state index contributed by atoms with van der Waals surface area (Å²) in [7, 11) is 1.55. The van der Waals surface area contributed by atoms with Crippen LogP contribution >= 0.6 is 0 Å². The summed E-state index contributed by atoms with van der Waals surface area (Å²) in [5.41, 5.74) is 2.19. The molecule has 1 N–H and O–H groups in total. The third-order valence-corrected chi connectivity index (χ3v) is 4.16. The monoisotopic (exact) mass is 336 g/mol. The lowest BCUT2D eigenvalue weighted by Gasteiger charge is -2.14. The third kappa shape index (κ3) is 3.40. The van der Waals surface area contributed by atoms with Crippen molar-refractivity contribution in [3.8, 4) is 5.75 Å². The van der Waals surface area contributed by atoms with Crippen LogP contribution in [-0.4, -0.2) is 17.6 Å². The Hall–Kier alpha value is -3.08. The molecule has 0 atom stereocenters. The lowest BCUT2D eigenvalue weighted by Crippen LogP contribution is -2.29. The van der Waals surface area contributed by atoms with Gasteiger partial charge in [-0.15, -0.1) is 0 Å². The molecule has 0 saturated heterocycles. The van der Waals surface area contributed by atoms with E-state index in [2.05, 4.69) is 5.32 Å². The van der Waals surface area contributed by atoms with Gasteiger partial charge < -0.3 is 14.6 Å². The fourth-order valence-corrected chi connectivity index (χ4v) is 2.88. The predicted molar refractivity (Wildman–Crippen MR) is 99.3 cm³/mol. The minimum absolute atomic E-state index is 0.0490. The first-order valence-electron chi connectivity index (χ1n) is 8.03. The maximum atomic E-state index is 12.7. The summed E-state index contributed by atoms with van der Waals surface area (Å²) in [5.74, 6) is 0.311. The van der Waals surface area contributed by atoms with E-state index < -0.39 is 0 Å². The van der Waals surface area contributed by atoms with Crippen molar-refractivity contribution in [3.05, 3.63) is 70.1 Å². The van der Waals surface area contributed by atoms with Gasteiger partial charge in [0.2, 0.25) is 5.91 Å². The molecule has 0 saturated carbocycles. The number of rotatable bonds is 4. The van der Waals surface area contributed by atoms with Crippen LogP contribution in [0.15, 0.2) is 53.3 Å². The van der Waals surface area contributed by atoms with Crippen molar-refractivity contribution in [1.29, 1.82) is 0 Å². The number of methoxy groups -OCH3 is 1. The number of hydrogen-bond donors (Lipinski definition) is 1. The van der Waals surface area contributed by atoms with Crippen LogP contribution < -0.4 is 15.6 Å². The molecule has 5 nitrogen and oxygen atoms in total. The number of nitrogens with one attached hydrogen (secondary N) is 1. The summed E-state index contributed by atoms with van der Waals surface area (Å²) in [4.78, 5) is 25.1. The first-order chi connectivity index (χ1) is 12.0. The van der Waals surface area contributed by atoms with E-state index in [-0.39, 0.29) is 18.0 Å². The van der Waals surface area contributed by atoms with Crippen molar-refractivity contribution >= 4 is 22.4 Å². The standard InChI is InChI=1S/C20H20N2O3/c1-13-8-9-18(25-3)17(10-13)21-19(23)12-22-14(2)11-15-6-4-5-7-16(15)20(22)24/h4-11H,12H2,1-3H3,(H,21,23). The van der Waals surface area contributed by atoms with E-state index in [1.165, 1.54) is 4.57 Å². The molecule has 1 aromatic heterocycles. The van der Waals surface area contributed by atoms with Crippen LogP contribution in [0.4, 0.5) is 5.69 Å². The Morgan fingerprint density at radius 2 is 1.88 bits per heavy atom. The highest BCUT2D eigenvalue weighted by atomic mass is 16.5. The van der Waals surface area contributed by atoms with E-state index in [1.807, 2.05) is 50.2 Å². The second-order valence-electron chi connectivity index (χ2n) is 6.02. The van der Waals surface area contributed by atoms with E-state index in [9.17, 15) is 9.59 Å². The van der Waals surface area contributed by atoms with E-state index >= 15 is 0 Å². The Balaban J connectivity index is 1.90. The van der Waals surface area contributed by atoms with Crippen LogP contribution in [0.2, 0.25) is 0 Å². The van der Waals surface area contributed by atoms with Gasteiger partial charge in [-0.25, -0.2) is 0 Å². The molecule has 0 fully saturated rings. The van der Waals surface area contributed by atoms with Gasteiger partial charge in [0.1, 0.15) is 12.3 Å². The number of ether oxygens (including phenoxy) is 1. The normalized spacial score (nSPS) is 10.7. The van der Waals surface area contributed by atoms with Gasteiger partial charge in [0.05, 0.1) is 12.8 Å². The number of aromatic nitrogens is 1. The second kappa shape index (κ2) is 6.81. The van der Waals surface area contributed by atoms with Crippen molar-refractivity contribution < 1.29 is 9.53 Å². The van der Waals surface area contributed by atoms with Gasteiger partial charge in [0.25, 0.3) is 5.56 Å². The maximum absolute atomic E-state index is 12.7. The van der Waals surface area contributed by atoms with Crippen molar-refractivity contribution in [2.45, 2.75) is 20.4 Å². The topological polar surface area (TPSA) is 60.3 Å². The van der Waals surface area contributed by atoms with Gasteiger partial charge in [0, 0.05) is 11.1 Å². The SMILES string of the molecule is COc1ccc(C)cc1NC(=O)Cn1c(C)cc2ccccc2c1=O. The minimum atomic E-state index is -0.274. The summed E-state index contributed by atoms with van der Waals surface area (Å²) in [6.45, 7) is 3.72. The molecule has 1 heterocycles. The smallest absolute Gasteiger partial charge is 0.259 e. The molecular weight excluding hydrogens is 316 g/mol. The van der Waals surface area contributed by atoms with Crippen molar-refractivity contribution in [2.24, 2.45) is 0 Å². The molecule has 0 spiro atoms. The molecule has 1 amide bonds. The summed E-state index contributed by atoms with van der Waals surface area (Å²) >= 11 is 0. The fraction of sp³-hybridized carbons (Fsp3) is 0.200. The Labute approximate surface area is 145 Å². The lowest BCUT2D eigenvalue weighted by atomic mass is 10.1. The van der Waals surface area contributed by atoms with Crippen molar-refractivity contribution in [3.63, 3.8) is 0 Å². The Kier molecular flexibility index (Phi) is 4.57. The first-order valence-corrected chi connectivity index (χ1v) is 8.03. The number of fused-ring (bicyclic) bond motifs is 1. The van der Waals surface area contributed by atoms with E-state index in [0.29, 0.717) is 16.8 Å². The van der Waals surface area contributed by atoms with Gasteiger partial charge in [0.15, 0.2) is 0 Å². The van der Waals surface area contributed by atoms with Crippen LogP contribution in [0.1, 0.15) is 11.3 Å². The van der Waals surface area contributed by atoms with Crippen LogP contribution in [0.5, 0.6) is 5.75 Å². The minimum Gasteiger partial charge on any atom is -0.495 e. The molecule has 0 aliphatic carbocycles. The lowest BCUT2D eigenvalue weighted by molar-refractivity contribution is -0.116. The van der Waals surface area contributed by atoms with E-state index in [1.54, 1.807) is 19.2 Å². The number of carbonyl (C=O) groups is 1. The quantitative estimate of drug-likeness (QED) is 0.795. The molecule has 0 aliphatic heterocycles. The van der Waals surface area contributed by atoms with Gasteiger partial charge in [-0.3, -0.25) is 9.59 Å². The van der Waals surface area contributed by atoms with Crippen LogP contribution in [0, 0.1) is 13.8 Å². The number of nitrogens with zero attached hydrogens (tertiary/aromatic N) is 1. The van der Waals surface area contributed by atoms with Gasteiger partial charge in [-0.05, 0) is 49.1 Å². The second-order valence-corrected chi connectivity index (χ2v) is 6.02. The number of hydrogen-bond acceptors (Lipinski definition) is 3. The van der Waals surface area contributed by atoms with Crippen molar-refractivity contribution in [1.82, 2.24) is 4.57 Å². The predicted octanol–water partition coefficient (Wildman–Crippen LogP) is 3.27. The highest BCUT2D eigenvalue weighted by Crippen LogP contribution is 2.25. The highest BCUT2D eigenvalue weighted by Gasteiger charge is 2.12. The summed E-state index contributed by atoms with van der Waals surface area (Å²) < 4.78 is 6.76. The average molecular weight is 336 g/mol. The molecule has 0 unspecified atom stereocenters. The zero-order valence-corrected chi connectivity index (χ0v) is 14.5. The number of anilines is 1. The number of amides is 1. The molecule has 0 radical (unpaired) electrons. The van der Waals surface area contributed by atoms with Gasteiger partial charge >= 0.3 is 0 Å². The third-order valence-electron chi connectivity index (χ3n) is 4.16. The molecule has 3 rings (SSSR count).